The monoisotopic (exact) mass is 463 g/mol. The maximum atomic E-state index is 13.0. The summed E-state index contributed by atoms with van der Waals surface area (Å²) in [5.74, 6) is -0.429. The van der Waals surface area contributed by atoms with Crippen molar-refractivity contribution < 1.29 is 22.7 Å². The van der Waals surface area contributed by atoms with E-state index < -0.39 is 15.9 Å². The molecule has 0 aliphatic rings. The van der Waals surface area contributed by atoms with Gasteiger partial charge in [-0.05, 0) is 36.4 Å². The second kappa shape index (κ2) is 10.3. The van der Waals surface area contributed by atoms with Crippen molar-refractivity contribution >= 4 is 37.5 Å². The number of fused-ring (bicyclic) bond motifs is 1. The molecule has 0 saturated carbocycles. The van der Waals surface area contributed by atoms with Gasteiger partial charge in [-0.2, -0.15) is 9.30 Å². The Hall–Kier alpha value is -2.37. The molecule has 0 N–H and O–H groups in total. The van der Waals surface area contributed by atoms with E-state index in [2.05, 4.69) is 4.99 Å². The number of sulfonamides is 1. The summed E-state index contributed by atoms with van der Waals surface area (Å²) < 4.78 is 40.2. The van der Waals surface area contributed by atoms with E-state index in [0.717, 1.165) is 10.2 Å². The SMILES string of the molecule is COCCN(CCOC)S(=O)(=O)c1ccc(C(=O)N=c2sc3ccccc3n2C)cc1. The molecule has 3 aromatic rings. The molecule has 0 aliphatic heterocycles. The van der Waals surface area contributed by atoms with Crippen LogP contribution in [0.4, 0.5) is 0 Å². The van der Waals surface area contributed by atoms with Gasteiger partial charge in [0, 0.05) is 39.9 Å². The molecule has 31 heavy (non-hydrogen) atoms. The van der Waals surface area contributed by atoms with Crippen LogP contribution >= 0.6 is 11.3 Å². The lowest BCUT2D eigenvalue weighted by Crippen LogP contribution is -2.36. The molecular formula is C21H25N3O5S2. The van der Waals surface area contributed by atoms with Gasteiger partial charge in [0.25, 0.3) is 5.91 Å². The Balaban J connectivity index is 1.85. The van der Waals surface area contributed by atoms with Gasteiger partial charge in [0.15, 0.2) is 4.80 Å². The minimum absolute atomic E-state index is 0.101. The highest BCUT2D eigenvalue weighted by atomic mass is 32.2. The summed E-state index contributed by atoms with van der Waals surface area (Å²) >= 11 is 1.42. The Morgan fingerprint density at radius 2 is 1.65 bits per heavy atom. The van der Waals surface area contributed by atoms with Crippen LogP contribution in [0.2, 0.25) is 0 Å². The molecule has 1 amide bonds. The van der Waals surface area contributed by atoms with Crippen molar-refractivity contribution in [2.75, 3.05) is 40.5 Å². The lowest BCUT2D eigenvalue weighted by Gasteiger charge is -2.21. The predicted octanol–water partition coefficient (Wildman–Crippen LogP) is 2.26. The minimum atomic E-state index is -3.74. The largest absolute Gasteiger partial charge is 0.383 e. The Bertz CT molecular complexity index is 1210. The molecule has 10 heteroatoms. The van der Waals surface area contributed by atoms with E-state index in [0.29, 0.717) is 10.4 Å². The molecule has 0 unspecified atom stereocenters. The van der Waals surface area contributed by atoms with E-state index in [9.17, 15) is 13.2 Å². The Kier molecular flexibility index (Phi) is 7.74. The predicted molar refractivity (Wildman–Crippen MR) is 120 cm³/mol. The molecule has 0 bridgehead atoms. The number of para-hydroxylation sites is 1. The van der Waals surface area contributed by atoms with Crippen LogP contribution in [0.3, 0.4) is 0 Å². The van der Waals surface area contributed by atoms with Crippen molar-refractivity contribution in [2.24, 2.45) is 12.0 Å². The van der Waals surface area contributed by atoms with Crippen LogP contribution in [0.5, 0.6) is 0 Å². The van der Waals surface area contributed by atoms with Gasteiger partial charge in [-0.1, -0.05) is 23.5 Å². The normalized spacial score (nSPS) is 12.7. The van der Waals surface area contributed by atoms with E-state index >= 15 is 0 Å². The summed E-state index contributed by atoms with van der Waals surface area (Å²) in [4.78, 5) is 17.6. The van der Waals surface area contributed by atoms with Crippen LogP contribution in [0.25, 0.3) is 10.2 Å². The molecule has 0 atom stereocenters. The Morgan fingerprint density at radius 1 is 1.03 bits per heavy atom. The standard InChI is InChI=1S/C21H25N3O5S2/c1-23-18-6-4-5-7-19(18)30-21(23)22-20(25)16-8-10-17(11-9-16)31(26,27)24(12-14-28-2)13-15-29-3/h4-11H,12-15H2,1-3H3. The van der Waals surface area contributed by atoms with Crippen molar-refractivity contribution in [2.45, 2.75) is 4.90 Å². The first-order chi connectivity index (χ1) is 14.9. The second-order valence-corrected chi connectivity index (χ2v) is 9.69. The number of rotatable bonds is 9. The molecule has 0 aliphatic carbocycles. The number of carbonyl (C=O) groups is 1. The number of aryl methyl sites for hydroxylation is 1. The molecule has 0 radical (unpaired) electrons. The first-order valence-electron chi connectivity index (χ1n) is 9.60. The van der Waals surface area contributed by atoms with Crippen LogP contribution in [-0.4, -0.2) is 63.7 Å². The fourth-order valence-electron chi connectivity index (χ4n) is 3.00. The van der Waals surface area contributed by atoms with Gasteiger partial charge < -0.3 is 14.0 Å². The third kappa shape index (κ3) is 5.28. The number of carbonyl (C=O) groups excluding carboxylic acids is 1. The molecule has 3 rings (SSSR count). The Morgan fingerprint density at radius 3 is 2.23 bits per heavy atom. The summed E-state index contributed by atoms with van der Waals surface area (Å²) in [5, 5.41) is 0. The van der Waals surface area contributed by atoms with E-state index in [-0.39, 0.29) is 31.2 Å². The van der Waals surface area contributed by atoms with Crippen molar-refractivity contribution in [1.82, 2.24) is 8.87 Å². The fourth-order valence-corrected chi connectivity index (χ4v) is 5.42. The van der Waals surface area contributed by atoms with Crippen molar-refractivity contribution in [1.29, 1.82) is 0 Å². The number of methoxy groups -OCH3 is 2. The average Bonchev–Trinajstić information content (AvgIpc) is 3.09. The molecule has 0 fully saturated rings. The summed E-state index contributed by atoms with van der Waals surface area (Å²) in [6.45, 7) is 0.955. The van der Waals surface area contributed by atoms with Crippen LogP contribution < -0.4 is 4.80 Å². The summed E-state index contributed by atoms with van der Waals surface area (Å²) in [5.41, 5.74) is 1.31. The van der Waals surface area contributed by atoms with Gasteiger partial charge in [-0.25, -0.2) is 8.42 Å². The lowest BCUT2D eigenvalue weighted by molar-refractivity contribution is 0.0998. The van der Waals surface area contributed by atoms with E-state index in [4.69, 9.17) is 9.47 Å². The number of nitrogens with zero attached hydrogens (tertiary/aromatic N) is 3. The maximum Gasteiger partial charge on any atom is 0.279 e. The molecule has 166 valence electrons. The first-order valence-corrected chi connectivity index (χ1v) is 11.9. The van der Waals surface area contributed by atoms with Crippen LogP contribution in [0.15, 0.2) is 58.4 Å². The molecule has 0 saturated heterocycles. The second-order valence-electron chi connectivity index (χ2n) is 6.74. The fraction of sp³-hybridized carbons (Fsp3) is 0.333. The van der Waals surface area contributed by atoms with Gasteiger partial charge in [-0.3, -0.25) is 4.79 Å². The molecule has 1 heterocycles. The van der Waals surface area contributed by atoms with E-state index in [1.807, 2.05) is 35.9 Å². The van der Waals surface area contributed by atoms with Crippen molar-refractivity contribution in [3.8, 4) is 0 Å². The van der Waals surface area contributed by atoms with Crippen molar-refractivity contribution in [3.63, 3.8) is 0 Å². The van der Waals surface area contributed by atoms with E-state index in [1.54, 1.807) is 0 Å². The quantitative estimate of drug-likeness (QED) is 0.486. The Labute approximate surface area is 185 Å². The number of ether oxygens (including phenoxy) is 2. The summed E-state index contributed by atoms with van der Waals surface area (Å²) in [6.07, 6.45) is 0. The van der Waals surface area contributed by atoms with Gasteiger partial charge in [0.1, 0.15) is 0 Å². The van der Waals surface area contributed by atoms with Crippen molar-refractivity contribution in [3.05, 3.63) is 58.9 Å². The van der Waals surface area contributed by atoms with Gasteiger partial charge >= 0.3 is 0 Å². The first kappa shape index (κ1) is 23.3. The van der Waals surface area contributed by atoms with E-state index in [1.165, 1.54) is 54.1 Å². The zero-order chi connectivity index (χ0) is 22.4. The average molecular weight is 464 g/mol. The zero-order valence-electron chi connectivity index (χ0n) is 17.6. The summed E-state index contributed by atoms with van der Waals surface area (Å²) in [7, 11) is 1.15. The molecule has 2 aromatic carbocycles. The zero-order valence-corrected chi connectivity index (χ0v) is 19.3. The topological polar surface area (TPSA) is 90.2 Å². The number of benzene rings is 2. The van der Waals surface area contributed by atoms with Crippen LogP contribution in [0.1, 0.15) is 10.4 Å². The van der Waals surface area contributed by atoms with Gasteiger partial charge in [-0.15, -0.1) is 0 Å². The van der Waals surface area contributed by atoms with Crippen LogP contribution in [0, 0.1) is 0 Å². The number of hydrogen-bond acceptors (Lipinski definition) is 6. The molecule has 8 nitrogen and oxygen atoms in total. The lowest BCUT2D eigenvalue weighted by atomic mass is 10.2. The smallest absolute Gasteiger partial charge is 0.279 e. The maximum absolute atomic E-state index is 13.0. The molecule has 1 aromatic heterocycles. The number of aromatic nitrogens is 1. The number of hydrogen-bond donors (Lipinski definition) is 0. The van der Waals surface area contributed by atoms with Gasteiger partial charge in [0.05, 0.1) is 28.3 Å². The highest BCUT2D eigenvalue weighted by Crippen LogP contribution is 2.18. The minimum Gasteiger partial charge on any atom is -0.383 e. The summed E-state index contributed by atoms with van der Waals surface area (Å²) in [6, 6.07) is 13.6. The highest BCUT2D eigenvalue weighted by molar-refractivity contribution is 7.89. The molecular weight excluding hydrogens is 438 g/mol. The molecule has 0 spiro atoms. The van der Waals surface area contributed by atoms with Gasteiger partial charge in [0.2, 0.25) is 10.0 Å². The van der Waals surface area contributed by atoms with Crippen LogP contribution in [-0.2, 0) is 26.5 Å². The highest BCUT2D eigenvalue weighted by Gasteiger charge is 2.24. The number of thiazole rings is 1. The third-order valence-corrected chi connectivity index (χ3v) is 7.77. The number of amides is 1. The third-order valence-electron chi connectivity index (χ3n) is 4.74.